The Labute approximate surface area is 561 Å². The molecule has 1 N–H and O–H groups in total. The molecule has 0 radical (unpaired) electrons. The SMILES string of the molecule is CCCCCCCCCC/C=C\CCCCCCCCCCCCCCCCCCCCCCCCCCCC(=O)OC(COC(=O)CCCCCCCCCCCCCCCCCCCCCCCCCCCCCC)COC(OCC[N+](C)(C)C)C(=O)O. The molecule has 9 nitrogen and oxygen atoms in total. The number of aliphatic carboxylic acids is 1. The van der Waals surface area contributed by atoms with Crippen molar-refractivity contribution in [3.63, 3.8) is 0 Å². The Morgan fingerprint density at radius 2 is 0.567 bits per heavy atom. The number of carbonyl (C=O) groups excluding carboxylic acids is 2. The number of hydrogen-bond donors (Lipinski definition) is 1. The zero-order valence-electron chi connectivity index (χ0n) is 61.4. The van der Waals surface area contributed by atoms with Gasteiger partial charge < -0.3 is 28.5 Å². The Bertz CT molecular complexity index is 1480. The second kappa shape index (κ2) is 72.9. The van der Waals surface area contributed by atoms with E-state index in [2.05, 4.69) is 26.0 Å². The molecule has 0 aromatic carbocycles. The lowest BCUT2D eigenvalue weighted by Gasteiger charge is -2.25. The first kappa shape index (κ1) is 88.0. The van der Waals surface area contributed by atoms with Gasteiger partial charge in [0.15, 0.2) is 6.10 Å². The fourth-order valence-corrected chi connectivity index (χ4v) is 12.6. The predicted octanol–water partition coefficient (Wildman–Crippen LogP) is 25.5. The molecule has 0 saturated heterocycles. The number of quaternary nitrogens is 1. The fraction of sp³-hybridized carbons (Fsp3) is 0.938. The van der Waals surface area contributed by atoms with Gasteiger partial charge in [0.1, 0.15) is 13.2 Å². The maximum Gasteiger partial charge on any atom is 0.361 e. The highest BCUT2D eigenvalue weighted by Crippen LogP contribution is 2.20. The molecule has 0 spiro atoms. The van der Waals surface area contributed by atoms with Crippen LogP contribution >= 0.6 is 0 Å². The van der Waals surface area contributed by atoms with E-state index in [-0.39, 0.29) is 38.2 Å². The van der Waals surface area contributed by atoms with Crippen LogP contribution in [0, 0.1) is 0 Å². The van der Waals surface area contributed by atoms with E-state index in [1.807, 2.05) is 21.1 Å². The molecule has 0 amide bonds. The number of carbonyl (C=O) groups is 3. The molecule has 2 unspecified atom stereocenters. The lowest BCUT2D eigenvalue weighted by atomic mass is 10.0. The molecule has 0 aliphatic carbocycles. The number of esters is 2. The highest BCUT2D eigenvalue weighted by atomic mass is 16.7. The topological polar surface area (TPSA) is 108 Å². The van der Waals surface area contributed by atoms with Gasteiger partial charge in [-0.15, -0.1) is 0 Å². The van der Waals surface area contributed by atoms with Crippen LogP contribution in [-0.2, 0) is 33.3 Å². The average molecular weight is 1270 g/mol. The summed E-state index contributed by atoms with van der Waals surface area (Å²) in [5.41, 5.74) is 0. The van der Waals surface area contributed by atoms with Crippen molar-refractivity contribution in [1.82, 2.24) is 0 Å². The zero-order valence-corrected chi connectivity index (χ0v) is 61.4. The first-order chi connectivity index (χ1) is 44.1. The number of hydrogen-bond acceptors (Lipinski definition) is 7. The van der Waals surface area contributed by atoms with Gasteiger partial charge in [-0.1, -0.05) is 392 Å². The highest BCUT2D eigenvalue weighted by Gasteiger charge is 2.25. The van der Waals surface area contributed by atoms with Gasteiger partial charge in [-0.2, -0.15) is 0 Å². The van der Waals surface area contributed by atoms with E-state index in [1.165, 1.54) is 366 Å². The van der Waals surface area contributed by atoms with Gasteiger partial charge in [0, 0.05) is 12.8 Å². The molecule has 0 heterocycles. The van der Waals surface area contributed by atoms with Crippen LogP contribution in [-0.4, -0.2) is 87.4 Å². The number of unbranched alkanes of at least 4 members (excludes halogenated alkanes) is 60. The van der Waals surface area contributed by atoms with Crippen molar-refractivity contribution in [3.05, 3.63) is 12.2 Å². The first-order valence-corrected chi connectivity index (χ1v) is 40.4. The molecule has 0 aliphatic rings. The number of likely N-dealkylation sites (N-methyl/N-ethyl adjacent to an activating group) is 1. The van der Waals surface area contributed by atoms with Crippen molar-refractivity contribution < 1.29 is 42.9 Å². The summed E-state index contributed by atoms with van der Waals surface area (Å²) in [5, 5.41) is 9.77. The van der Waals surface area contributed by atoms with E-state index in [9.17, 15) is 19.5 Å². The molecule has 9 heteroatoms. The number of carboxylic acid groups (broad SMARTS) is 1. The van der Waals surface area contributed by atoms with Crippen LogP contribution in [0.3, 0.4) is 0 Å². The second-order valence-electron chi connectivity index (χ2n) is 29.1. The van der Waals surface area contributed by atoms with Crippen LogP contribution in [0.4, 0.5) is 0 Å². The summed E-state index contributed by atoms with van der Waals surface area (Å²) in [4.78, 5) is 37.7. The smallest absolute Gasteiger partial charge is 0.361 e. The molecule has 90 heavy (non-hydrogen) atoms. The Morgan fingerprint density at radius 1 is 0.322 bits per heavy atom. The monoisotopic (exact) mass is 1270 g/mol. The van der Waals surface area contributed by atoms with Crippen molar-refractivity contribution >= 4 is 17.9 Å². The van der Waals surface area contributed by atoms with Crippen LogP contribution < -0.4 is 0 Å². The number of nitrogens with zero attached hydrogens (tertiary/aromatic N) is 1. The van der Waals surface area contributed by atoms with Gasteiger partial charge in [-0.3, -0.25) is 9.59 Å². The standard InChI is InChI=1S/C81H157NO8/c1-6-8-10-12-14-16-18-20-22-24-26-28-30-32-34-36-37-38-39-40-41-42-43-44-46-48-50-52-54-56-58-60-62-64-66-68-70-72-79(84)90-77(76-89-81(80(85)86)87-74-73-82(3,4)5)75-88-78(83)71-69-67-65-63-61-59-57-55-53-51-49-47-45-35-33-31-29-27-25-23-21-19-17-15-13-11-9-7-2/h24,26,77,81H,6-23,25,27-76H2,1-5H3/p+1/b26-24-. The number of ether oxygens (including phenoxy) is 4. The molecule has 0 aromatic heterocycles. The summed E-state index contributed by atoms with van der Waals surface area (Å²) in [6, 6.07) is 0. The van der Waals surface area contributed by atoms with Crippen LogP contribution in [0.2, 0.25) is 0 Å². The molecular weight excluding hydrogens is 1110 g/mol. The van der Waals surface area contributed by atoms with E-state index in [0.29, 0.717) is 17.4 Å². The third kappa shape index (κ3) is 73.4. The number of allylic oxidation sites excluding steroid dienone is 2. The van der Waals surface area contributed by atoms with Gasteiger partial charge in [0.25, 0.3) is 6.29 Å². The van der Waals surface area contributed by atoms with Gasteiger partial charge in [-0.25, -0.2) is 4.79 Å². The summed E-state index contributed by atoms with van der Waals surface area (Å²) in [7, 11) is 6.00. The van der Waals surface area contributed by atoms with E-state index < -0.39 is 18.4 Å². The zero-order chi connectivity index (χ0) is 65.4. The van der Waals surface area contributed by atoms with Crippen molar-refractivity contribution in [2.45, 2.75) is 444 Å². The van der Waals surface area contributed by atoms with Gasteiger partial charge in [0.05, 0.1) is 34.4 Å². The van der Waals surface area contributed by atoms with E-state index >= 15 is 0 Å². The molecule has 0 saturated carbocycles. The minimum absolute atomic E-state index is 0.173. The highest BCUT2D eigenvalue weighted by molar-refractivity contribution is 5.71. The van der Waals surface area contributed by atoms with Gasteiger partial charge >= 0.3 is 17.9 Å². The van der Waals surface area contributed by atoms with Crippen molar-refractivity contribution in [2.24, 2.45) is 0 Å². The molecule has 0 bridgehead atoms. The fourth-order valence-electron chi connectivity index (χ4n) is 12.6. The Balaban J connectivity index is 3.94. The molecule has 0 aliphatic heterocycles. The van der Waals surface area contributed by atoms with Crippen LogP contribution in [0.5, 0.6) is 0 Å². The molecule has 0 rings (SSSR count). The predicted molar refractivity (Wildman–Crippen MR) is 388 cm³/mol. The number of carboxylic acids is 1. The van der Waals surface area contributed by atoms with Gasteiger partial charge in [0.2, 0.25) is 0 Å². The van der Waals surface area contributed by atoms with Gasteiger partial charge in [-0.05, 0) is 38.5 Å². The van der Waals surface area contributed by atoms with Crippen LogP contribution in [0.25, 0.3) is 0 Å². The van der Waals surface area contributed by atoms with Crippen LogP contribution in [0.15, 0.2) is 12.2 Å². The summed E-state index contributed by atoms with van der Waals surface area (Å²) < 4.78 is 23.1. The lowest BCUT2D eigenvalue weighted by molar-refractivity contribution is -0.870. The molecule has 2 atom stereocenters. The van der Waals surface area contributed by atoms with Crippen molar-refractivity contribution in [3.8, 4) is 0 Å². The summed E-state index contributed by atoms with van der Waals surface area (Å²) in [6.07, 6.45) is 88.1. The lowest BCUT2D eigenvalue weighted by Crippen LogP contribution is -2.40. The maximum absolute atomic E-state index is 13.0. The van der Waals surface area contributed by atoms with Crippen molar-refractivity contribution in [2.75, 3.05) is 47.5 Å². The Morgan fingerprint density at radius 3 is 0.822 bits per heavy atom. The minimum atomic E-state index is -1.51. The Hall–Kier alpha value is -1.97. The Kier molecular flexibility index (Phi) is 71.3. The largest absolute Gasteiger partial charge is 0.477 e. The number of rotatable bonds is 77. The molecule has 0 aromatic rings. The maximum atomic E-state index is 13.0. The third-order valence-corrected chi connectivity index (χ3v) is 18.8. The average Bonchev–Trinajstić information content (AvgIpc) is 3.74. The molecule has 534 valence electrons. The van der Waals surface area contributed by atoms with Crippen LogP contribution in [0.1, 0.15) is 431 Å². The first-order valence-electron chi connectivity index (χ1n) is 40.4. The summed E-state index contributed by atoms with van der Waals surface area (Å²) >= 11 is 0. The minimum Gasteiger partial charge on any atom is -0.477 e. The molecular formula is C81H158NO8+. The van der Waals surface area contributed by atoms with Crippen molar-refractivity contribution in [1.29, 1.82) is 0 Å². The summed E-state index contributed by atoms with van der Waals surface area (Å²) in [6.45, 7) is 4.98. The quantitative estimate of drug-likeness (QED) is 0.0211. The molecule has 0 fully saturated rings. The van der Waals surface area contributed by atoms with E-state index in [0.717, 1.165) is 38.5 Å². The third-order valence-electron chi connectivity index (χ3n) is 18.8. The van der Waals surface area contributed by atoms with E-state index in [4.69, 9.17) is 18.9 Å². The summed E-state index contributed by atoms with van der Waals surface area (Å²) in [5.74, 6) is -1.96. The second-order valence-corrected chi connectivity index (χ2v) is 29.1. The van der Waals surface area contributed by atoms with E-state index in [1.54, 1.807) is 0 Å². The normalized spacial score (nSPS) is 12.6.